The third kappa shape index (κ3) is 3.34. The number of hydrogen-bond acceptors (Lipinski definition) is 4. The maximum absolute atomic E-state index is 13.2. The predicted octanol–water partition coefficient (Wildman–Crippen LogP) is 1.79. The highest BCUT2D eigenvalue weighted by molar-refractivity contribution is 5.89. The van der Waals surface area contributed by atoms with E-state index in [9.17, 15) is 14.0 Å². The van der Waals surface area contributed by atoms with Crippen LogP contribution < -0.4 is 5.32 Å². The average molecular weight is 279 g/mol. The summed E-state index contributed by atoms with van der Waals surface area (Å²) in [7, 11) is 0. The predicted molar refractivity (Wildman–Crippen MR) is 69.5 cm³/mol. The zero-order valence-electron chi connectivity index (χ0n) is 10.9. The van der Waals surface area contributed by atoms with E-state index in [1.165, 1.54) is 24.5 Å². The van der Waals surface area contributed by atoms with Crippen LogP contribution in [-0.4, -0.2) is 25.0 Å². The van der Waals surface area contributed by atoms with Crippen LogP contribution in [0.3, 0.4) is 0 Å². The topological polar surface area (TPSA) is 68.5 Å². The van der Waals surface area contributed by atoms with Gasteiger partial charge in [0, 0.05) is 10.9 Å². The molecule has 1 N–H and O–H groups in total. The number of nitrogens with one attached hydrogen (secondary N) is 1. The highest BCUT2D eigenvalue weighted by Gasteiger charge is 2.12. The molecule has 106 valence electrons. The average Bonchev–Trinajstić information content (AvgIpc) is 2.79. The summed E-state index contributed by atoms with van der Waals surface area (Å²) in [5.41, 5.74) is 1.08. The van der Waals surface area contributed by atoms with E-state index in [1.807, 2.05) is 0 Å². The lowest BCUT2D eigenvalue weighted by atomic mass is 10.1. The van der Waals surface area contributed by atoms with Crippen molar-refractivity contribution in [3.63, 3.8) is 0 Å². The Hall–Kier alpha value is -2.37. The Morgan fingerprint density at radius 2 is 2.20 bits per heavy atom. The van der Waals surface area contributed by atoms with E-state index in [4.69, 9.17) is 9.15 Å². The van der Waals surface area contributed by atoms with Gasteiger partial charge in [-0.3, -0.25) is 9.59 Å². The van der Waals surface area contributed by atoms with Gasteiger partial charge in [-0.1, -0.05) is 0 Å². The SMILES string of the molecule is CCOC(=O)CNC(=O)Cc1coc2ccc(F)cc12. The fourth-order valence-electron chi connectivity index (χ4n) is 1.81. The van der Waals surface area contributed by atoms with Crippen LogP contribution in [0.1, 0.15) is 12.5 Å². The van der Waals surface area contributed by atoms with Crippen molar-refractivity contribution in [1.82, 2.24) is 5.32 Å². The number of benzene rings is 1. The molecule has 0 fully saturated rings. The maximum Gasteiger partial charge on any atom is 0.325 e. The van der Waals surface area contributed by atoms with Gasteiger partial charge in [-0.15, -0.1) is 0 Å². The minimum atomic E-state index is -0.496. The molecule has 0 saturated carbocycles. The van der Waals surface area contributed by atoms with E-state index >= 15 is 0 Å². The molecular weight excluding hydrogens is 265 g/mol. The standard InChI is InChI=1S/C14H14FNO4/c1-2-19-14(18)7-16-13(17)5-9-8-20-12-4-3-10(15)6-11(9)12/h3-4,6,8H,2,5,7H2,1H3,(H,16,17). The largest absolute Gasteiger partial charge is 0.465 e. The van der Waals surface area contributed by atoms with Crippen LogP contribution in [-0.2, 0) is 20.7 Å². The number of amides is 1. The first-order valence-electron chi connectivity index (χ1n) is 6.18. The molecule has 6 heteroatoms. The van der Waals surface area contributed by atoms with Crippen LogP contribution in [0.5, 0.6) is 0 Å². The van der Waals surface area contributed by atoms with E-state index < -0.39 is 11.8 Å². The van der Waals surface area contributed by atoms with Gasteiger partial charge < -0.3 is 14.5 Å². The van der Waals surface area contributed by atoms with E-state index in [1.54, 1.807) is 6.92 Å². The first-order valence-corrected chi connectivity index (χ1v) is 6.18. The van der Waals surface area contributed by atoms with Gasteiger partial charge in [0.25, 0.3) is 0 Å². The molecule has 0 aliphatic heterocycles. The highest BCUT2D eigenvalue weighted by Crippen LogP contribution is 2.22. The minimum Gasteiger partial charge on any atom is -0.465 e. The molecule has 0 bridgehead atoms. The van der Waals surface area contributed by atoms with Crippen LogP contribution in [0.25, 0.3) is 11.0 Å². The normalized spacial score (nSPS) is 10.5. The Kier molecular flexibility index (Phi) is 4.34. The van der Waals surface area contributed by atoms with Gasteiger partial charge in [0.15, 0.2) is 0 Å². The molecule has 1 aromatic carbocycles. The molecule has 0 radical (unpaired) electrons. The van der Waals surface area contributed by atoms with Crippen LogP contribution in [0.2, 0.25) is 0 Å². The zero-order chi connectivity index (χ0) is 14.5. The van der Waals surface area contributed by atoms with Crippen molar-refractivity contribution in [2.24, 2.45) is 0 Å². The Balaban J connectivity index is 1.99. The lowest BCUT2D eigenvalue weighted by Gasteiger charge is -2.04. The van der Waals surface area contributed by atoms with Crippen molar-refractivity contribution in [3.05, 3.63) is 35.8 Å². The number of hydrogen-bond donors (Lipinski definition) is 1. The molecule has 0 aliphatic carbocycles. The molecule has 2 aromatic rings. The summed E-state index contributed by atoms with van der Waals surface area (Å²) in [5, 5.41) is 2.99. The number of rotatable bonds is 5. The van der Waals surface area contributed by atoms with Gasteiger partial charge in [0.2, 0.25) is 5.91 Å². The third-order valence-electron chi connectivity index (χ3n) is 2.70. The van der Waals surface area contributed by atoms with E-state index in [0.717, 1.165) is 0 Å². The Morgan fingerprint density at radius 3 is 2.95 bits per heavy atom. The molecule has 2 rings (SSSR count). The van der Waals surface area contributed by atoms with Gasteiger partial charge in [0.05, 0.1) is 19.3 Å². The second kappa shape index (κ2) is 6.18. The summed E-state index contributed by atoms with van der Waals surface area (Å²) >= 11 is 0. The van der Waals surface area contributed by atoms with E-state index in [0.29, 0.717) is 16.5 Å². The van der Waals surface area contributed by atoms with Gasteiger partial charge in [0.1, 0.15) is 17.9 Å². The molecule has 1 heterocycles. The first-order chi connectivity index (χ1) is 9.60. The van der Waals surface area contributed by atoms with Gasteiger partial charge in [-0.05, 0) is 25.1 Å². The highest BCUT2D eigenvalue weighted by atomic mass is 19.1. The lowest BCUT2D eigenvalue weighted by Crippen LogP contribution is -2.31. The minimum absolute atomic E-state index is 0.00978. The lowest BCUT2D eigenvalue weighted by molar-refractivity contribution is -0.143. The smallest absolute Gasteiger partial charge is 0.325 e. The molecule has 0 unspecified atom stereocenters. The summed E-state index contributed by atoms with van der Waals surface area (Å²) < 4.78 is 23.1. The monoisotopic (exact) mass is 279 g/mol. The van der Waals surface area contributed by atoms with Crippen LogP contribution in [0, 0.1) is 5.82 Å². The Bertz CT molecular complexity index is 635. The second-order valence-electron chi connectivity index (χ2n) is 4.16. The van der Waals surface area contributed by atoms with Crippen molar-refractivity contribution in [3.8, 4) is 0 Å². The molecule has 5 nitrogen and oxygen atoms in total. The van der Waals surface area contributed by atoms with Crippen molar-refractivity contribution in [2.75, 3.05) is 13.2 Å². The molecular formula is C14H14FNO4. The van der Waals surface area contributed by atoms with E-state index in [-0.39, 0.29) is 25.5 Å². The number of halogens is 1. The molecule has 1 amide bonds. The quantitative estimate of drug-likeness (QED) is 0.847. The number of carbonyl (C=O) groups excluding carboxylic acids is 2. The van der Waals surface area contributed by atoms with Crippen molar-refractivity contribution >= 4 is 22.8 Å². The second-order valence-corrected chi connectivity index (χ2v) is 4.16. The first kappa shape index (κ1) is 14.0. The van der Waals surface area contributed by atoms with Crippen molar-refractivity contribution < 1.29 is 23.1 Å². The summed E-state index contributed by atoms with van der Waals surface area (Å²) in [6.45, 7) is 1.77. The number of furan rings is 1. The molecule has 0 saturated heterocycles. The number of carbonyl (C=O) groups is 2. The number of ether oxygens (including phenoxy) is 1. The summed E-state index contributed by atoms with van der Waals surface area (Å²) in [6, 6.07) is 4.11. The van der Waals surface area contributed by atoms with Gasteiger partial charge >= 0.3 is 5.97 Å². The van der Waals surface area contributed by atoms with Crippen LogP contribution in [0.4, 0.5) is 4.39 Å². The van der Waals surface area contributed by atoms with E-state index in [2.05, 4.69) is 5.32 Å². The molecule has 0 spiro atoms. The number of esters is 1. The molecule has 20 heavy (non-hydrogen) atoms. The van der Waals surface area contributed by atoms with Crippen LogP contribution in [0.15, 0.2) is 28.9 Å². The molecule has 0 aliphatic rings. The van der Waals surface area contributed by atoms with Gasteiger partial charge in [-0.25, -0.2) is 4.39 Å². The summed E-state index contributed by atoms with van der Waals surface area (Å²) in [6.07, 6.45) is 1.42. The van der Waals surface area contributed by atoms with Crippen molar-refractivity contribution in [2.45, 2.75) is 13.3 Å². The fourth-order valence-corrected chi connectivity index (χ4v) is 1.81. The van der Waals surface area contributed by atoms with Crippen LogP contribution >= 0.6 is 0 Å². The fraction of sp³-hybridized carbons (Fsp3) is 0.286. The number of fused-ring (bicyclic) bond motifs is 1. The maximum atomic E-state index is 13.2. The Morgan fingerprint density at radius 1 is 1.40 bits per heavy atom. The summed E-state index contributed by atoms with van der Waals surface area (Å²) in [4.78, 5) is 22.8. The summed E-state index contributed by atoms with van der Waals surface area (Å²) in [5.74, 6) is -1.25. The van der Waals surface area contributed by atoms with Gasteiger partial charge in [-0.2, -0.15) is 0 Å². The molecule has 1 aromatic heterocycles. The Labute approximate surface area is 114 Å². The van der Waals surface area contributed by atoms with Crippen molar-refractivity contribution in [1.29, 1.82) is 0 Å². The zero-order valence-corrected chi connectivity index (χ0v) is 10.9. The third-order valence-corrected chi connectivity index (χ3v) is 2.70. The molecule has 0 atom stereocenters.